The van der Waals surface area contributed by atoms with E-state index in [2.05, 4.69) is 20.7 Å². The number of halogens is 2. The second-order valence-electron chi connectivity index (χ2n) is 3.69. The topological polar surface area (TPSA) is 26.3 Å². The molecule has 0 radical (unpaired) electrons. The number of carbonyl (C=O) groups excluding carboxylic acids is 1. The maximum absolute atomic E-state index is 13.9. The molecule has 0 fully saturated rings. The highest BCUT2D eigenvalue weighted by Gasteiger charge is 2.10. The van der Waals surface area contributed by atoms with Gasteiger partial charge in [0.05, 0.1) is 12.7 Å². The second-order valence-corrected chi connectivity index (χ2v) is 5.72. The fraction of sp³-hybridized carbons (Fsp3) is 0.0714. The average molecular weight is 341 g/mol. The molecule has 5 heteroatoms. The van der Waals surface area contributed by atoms with Gasteiger partial charge in [0.25, 0.3) is 0 Å². The highest BCUT2D eigenvalue weighted by atomic mass is 79.9. The predicted molar refractivity (Wildman–Crippen MR) is 76.0 cm³/mol. The first kappa shape index (κ1) is 14.1. The minimum Gasteiger partial charge on any atom is -0.465 e. The molecule has 2 nitrogen and oxygen atoms in total. The number of benzene rings is 2. The van der Waals surface area contributed by atoms with Crippen molar-refractivity contribution in [3.63, 3.8) is 0 Å². The maximum atomic E-state index is 13.9. The molecule has 2 aromatic carbocycles. The van der Waals surface area contributed by atoms with Gasteiger partial charge in [-0.25, -0.2) is 9.18 Å². The highest BCUT2D eigenvalue weighted by Crippen LogP contribution is 2.31. The largest absolute Gasteiger partial charge is 0.465 e. The van der Waals surface area contributed by atoms with E-state index in [4.69, 9.17) is 0 Å². The van der Waals surface area contributed by atoms with E-state index in [9.17, 15) is 9.18 Å². The smallest absolute Gasteiger partial charge is 0.337 e. The predicted octanol–water partition coefficient (Wildman–Crippen LogP) is 4.53. The first-order valence-electron chi connectivity index (χ1n) is 5.41. The Morgan fingerprint density at radius 2 is 1.89 bits per heavy atom. The van der Waals surface area contributed by atoms with Crippen LogP contribution in [-0.4, -0.2) is 13.1 Å². The summed E-state index contributed by atoms with van der Waals surface area (Å²) in [5.74, 6) is -0.977. The molecule has 0 amide bonds. The Morgan fingerprint density at radius 1 is 1.21 bits per heavy atom. The van der Waals surface area contributed by atoms with E-state index >= 15 is 0 Å². The van der Waals surface area contributed by atoms with E-state index in [1.54, 1.807) is 12.1 Å². The van der Waals surface area contributed by atoms with Crippen LogP contribution in [0.4, 0.5) is 4.39 Å². The van der Waals surface area contributed by atoms with Crippen LogP contribution < -0.4 is 0 Å². The van der Waals surface area contributed by atoms with Crippen molar-refractivity contribution < 1.29 is 13.9 Å². The van der Waals surface area contributed by atoms with Crippen molar-refractivity contribution in [3.8, 4) is 0 Å². The summed E-state index contributed by atoms with van der Waals surface area (Å²) in [4.78, 5) is 12.7. The molecule has 0 unspecified atom stereocenters. The molecule has 0 aromatic heterocycles. The SMILES string of the molecule is COC(=O)c1ccc(Sc2ccc(Br)cc2)c(F)c1. The van der Waals surface area contributed by atoms with Crippen LogP contribution in [0, 0.1) is 5.82 Å². The third-order valence-electron chi connectivity index (χ3n) is 2.39. The van der Waals surface area contributed by atoms with E-state index in [1.165, 1.54) is 24.9 Å². The Bertz CT molecular complexity index is 599. The number of hydrogen-bond donors (Lipinski definition) is 0. The van der Waals surface area contributed by atoms with Crippen molar-refractivity contribution in [1.82, 2.24) is 0 Å². The summed E-state index contributed by atoms with van der Waals surface area (Å²) in [5.41, 5.74) is 0.208. The van der Waals surface area contributed by atoms with Gasteiger partial charge in [-0.05, 0) is 42.5 Å². The number of carbonyl (C=O) groups is 1. The van der Waals surface area contributed by atoms with Crippen LogP contribution in [0.15, 0.2) is 56.7 Å². The van der Waals surface area contributed by atoms with Crippen LogP contribution in [-0.2, 0) is 4.74 Å². The van der Waals surface area contributed by atoms with Crippen molar-refractivity contribution in [2.75, 3.05) is 7.11 Å². The number of hydrogen-bond acceptors (Lipinski definition) is 3. The van der Waals surface area contributed by atoms with E-state index in [-0.39, 0.29) is 5.56 Å². The van der Waals surface area contributed by atoms with Gasteiger partial charge in [0.2, 0.25) is 0 Å². The normalized spacial score (nSPS) is 10.3. The fourth-order valence-electron chi connectivity index (χ4n) is 1.46. The zero-order valence-electron chi connectivity index (χ0n) is 10.0. The van der Waals surface area contributed by atoms with Gasteiger partial charge in [-0.15, -0.1) is 0 Å². The zero-order chi connectivity index (χ0) is 13.8. The molecule has 0 aliphatic carbocycles. The summed E-state index contributed by atoms with van der Waals surface area (Å²) >= 11 is 4.65. The quantitative estimate of drug-likeness (QED) is 0.768. The van der Waals surface area contributed by atoms with E-state index in [0.717, 1.165) is 9.37 Å². The summed E-state index contributed by atoms with van der Waals surface area (Å²) in [5, 5.41) is 0. The van der Waals surface area contributed by atoms with Gasteiger partial charge in [-0.3, -0.25) is 0 Å². The van der Waals surface area contributed by atoms with Crippen molar-refractivity contribution in [2.24, 2.45) is 0 Å². The first-order valence-corrected chi connectivity index (χ1v) is 7.02. The molecule has 0 bridgehead atoms. The number of esters is 1. The van der Waals surface area contributed by atoms with Crippen LogP contribution in [0.5, 0.6) is 0 Å². The molecule has 98 valence electrons. The van der Waals surface area contributed by atoms with E-state index in [0.29, 0.717) is 4.90 Å². The fourth-order valence-corrected chi connectivity index (χ4v) is 2.54. The van der Waals surface area contributed by atoms with Crippen LogP contribution in [0.25, 0.3) is 0 Å². The van der Waals surface area contributed by atoms with Crippen LogP contribution >= 0.6 is 27.7 Å². The number of ether oxygens (including phenoxy) is 1. The van der Waals surface area contributed by atoms with E-state index < -0.39 is 11.8 Å². The molecule has 0 aliphatic rings. The van der Waals surface area contributed by atoms with Crippen LogP contribution in [0.2, 0.25) is 0 Å². The standard InChI is InChI=1S/C14H10BrFO2S/c1-18-14(17)9-2-7-13(12(16)8-9)19-11-5-3-10(15)4-6-11/h2-8H,1H3. The first-order chi connectivity index (χ1) is 9.10. The average Bonchev–Trinajstić information content (AvgIpc) is 2.42. The van der Waals surface area contributed by atoms with Crippen molar-refractivity contribution in [3.05, 3.63) is 58.3 Å². The van der Waals surface area contributed by atoms with Gasteiger partial charge in [0.15, 0.2) is 0 Å². The van der Waals surface area contributed by atoms with Crippen molar-refractivity contribution >= 4 is 33.7 Å². The number of methoxy groups -OCH3 is 1. The van der Waals surface area contributed by atoms with Gasteiger partial charge in [0, 0.05) is 14.3 Å². The Hall–Kier alpha value is -1.33. The molecule has 0 N–H and O–H groups in total. The second kappa shape index (κ2) is 6.21. The Kier molecular flexibility index (Phi) is 4.61. The summed E-state index contributed by atoms with van der Waals surface area (Å²) in [6, 6.07) is 11.9. The molecule has 0 heterocycles. The summed E-state index contributed by atoms with van der Waals surface area (Å²) in [6.45, 7) is 0. The Labute approximate surface area is 123 Å². The maximum Gasteiger partial charge on any atom is 0.337 e. The molecule has 0 saturated heterocycles. The molecule has 2 rings (SSSR count). The Balaban J connectivity index is 2.22. The number of rotatable bonds is 3. The lowest BCUT2D eigenvalue weighted by Crippen LogP contribution is -2.01. The van der Waals surface area contributed by atoms with Gasteiger partial charge in [-0.2, -0.15) is 0 Å². The lowest BCUT2D eigenvalue weighted by Gasteiger charge is -2.05. The van der Waals surface area contributed by atoms with Crippen LogP contribution in [0.3, 0.4) is 0 Å². The van der Waals surface area contributed by atoms with E-state index in [1.807, 2.05) is 24.3 Å². The summed E-state index contributed by atoms with van der Waals surface area (Å²) in [6.07, 6.45) is 0. The molecule has 0 atom stereocenters. The van der Waals surface area contributed by atoms with Crippen molar-refractivity contribution in [1.29, 1.82) is 0 Å². The molecule has 0 aliphatic heterocycles. The lowest BCUT2D eigenvalue weighted by atomic mass is 10.2. The summed E-state index contributed by atoms with van der Waals surface area (Å²) in [7, 11) is 1.27. The zero-order valence-corrected chi connectivity index (χ0v) is 12.4. The van der Waals surface area contributed by atoms with Gasteiger partial charge >= 0.3 is 5.97 Å². The Morgan fingerprint density at radius 3 is 2.47 bits per heavy atom. The third kappa shape index (κ3) is 3.58. The lowest BCUT2D eigenvalue weighted by molar-refractivity contribution is 0.0600. The third-order valence-corrected chi connectivity index (χ3v) is 3.98. The molecule has 0 saturated carbocycles. The molecule has 19 heavy (non-hydrogen) atoms. The van der Waals surface area contributed by atoms with Gasteiger partial charge < -0.3 is 4.74 Å². The monoisotopic (exact) mass is 340 g/mol. The molecule has 2 aromatic rings. The molecule has 0 spiro atoms. The van der Waals surface area contributed by atoms with Gasteiger partial charge in [-0.1, -0.05) is 27.7 Å². The highest BCUT2D eigenvalue weighted by molar-refractivity contribution is 9.10. The van der Waals surface area contributed by atoms with Crippen LogP contribution in [0.1, 0.15) is 10.4 Å². The minimum atomic E-state index is -0.543. The minimum absolute atomic E-state index is 0.208. The van der Waals surface area contributed by atoms with Gasteiger partial charge in [0.1, 0.15) is 5.82 Å². The summed E-state index contributed by atoms with van der Waals surface area (Å²) < 4.78 is 19.4. The molecular weight excluding hydrogens is 331 g/mol. The van der Waals surface area contributed by atoms with Crippen molar-refractivity contribution in [2.45, 2.75) is 9.79 Å². The molecular formula is C14H10BrFO2S.